The molecule has 230 valence electrons. The fourth-order valence-corrected chi connectivity index (χ4v) is 6.89. The third-order valence-corrected chi connectivity index (χ3v) is 10.3. The Kier molecular flexibility index (Phi) is 29.3. The molecule has 0 amide bonds. The normalized spacial score (nSPS) is 11.7. The first kappa shape index (κ1) is 38.5. The SMILES string of the molecule is CCCCCCCCC=CC(=O)[O][Bi]([O]C(=O)C=CCCCCCCCC)[O]C(=O)C=CCCCCCCCC. The summed E-state index contributed by atoms with van der Waals surface area (Å²) >= 11 is -4.10. The molecule has 0 atom stereocenters. The van der Waals surface area contributed by atoms with Gasteiger partial charge in [-0.1, -0.05) is 0 Å². The second-order valence-electron chi connectivity index (χ2n) is 10.3. The summed E-state index contributed by atoms with van der Waals surface area (Å²) in [6.45, 7) is 6.59. The van der Waals surface area contributed by atoms with E-state index in [1.807, 2.05) is 0 Å². The zero-order valence-electron chi connectivity index (χ0n) is 25.7. The quantitative estimate of drug-likeness (QED) is 0.0472. The molecule has 0 aliphatic rings. The molecule has 0 aromatic rings. The van der Waals surface area contributed by atoms with Crippen molar-refractivity contribution in [3.63, 3.8) is 0 Å². The molecule has 0 aromatic carbocycles. The molecule has 0 aliphatic heterocycles. The molecule has 0 aliphatic carbocycles. The van der Waals surface area contributed by atoms with Crippen molar-refractivity contribution in [3.05, 3.63) is 36.5 Å². The van der Waals surface area contributed by atoms with Crippen molar-refractivity contribution in [2.75, 3.05) is 0 Å². The van der Waals surface area contributed by atoms with Crippen LogP contribution in [0.1, 0.15) is 156 Å². The van der Waals surface area contributed by atoms with Crippen LogP contribution < -0.4 is 0 Å². The summed E-state index contributed by atoms with van der Waals surface area (Å²) in [4.78, 5) is 37.0. The van der Waals surface area contributed by atoms with Crippen LogP contribution >= 0.6 is 0 Å². The molecule has 0 aromatic heterocycles. The van der Waals surface area contributed by atoms with Crippen LogP contribution in [0.15, 0.2) is 36.5 Å². The van der Waals surface area contributed by atoms with Gasteiger partial charge in [0.25, 0.3) is 0 Å². The van der Waals surface area contributed by atoms with Crippen LogP contribution in [-0.2, 0) is 22.8 Å². The Balaban J connectivity index is 4.66. The van der Waals surface area contributed by atoms with Crippen molar-refractivity contribution in [3.8, 4) is 0 Å². The first-order chi connectivity index (χ1) is 19.5. The van der Waals surface area contributed by atoms with Gasteiger partial charge in [-0.15, -0.1) is 0 Å². The van der Waals surface area contributed by atoms with E-state index in [-0.39, 0.29) is 0 Å². The number of hydrogen-bond donors (Lipinski definition) is 0. The van der Waals surface area contributed by atoms with Crippen LogP contribution in [0.2, 0.25) is 0 Å². The average Bonchev–Trinajstić information content (AvgIpc) is 2.93. The molecule has 0 bridgehead atoms. The van der Waals surface area contributed by atoms with Crippen LogP contribution in [0.4, 0.5) is 0 Å². The molecule has 40 heavy (non-hydrogen) atoms. The molecule has 0 heterocycles. The molecule has 0 rings (SSSR count). The van der Waals surface area contributed by atoms with Gasteiger partial charge in [0.15, 0.2) is 0 Å². The number of hydrogen-bond acceptors (Lipinski definition) is 6. The number of rotatable bonds is 27. The maximum atomic E-state index is 12.3. The summed E-state index contributed by atoms with van der Waals surface area (Å²) in [7, 11) is 0. The average molecular weight is 759 g/mol. The standard InChI is InChI=1S/3C11H20O2.Bi/c3*1-2-3-4-5-6-7-8-9-10-11(12)13;/h3*9-10H,2-8H2,1H3,(H,12,13);/q;;;+3/p-3. The van der Waals surface area contributed by atoms with Crippen molar-refractivity contribution in [2.45, 2.75) is 156 Å². The van der Waals surface area contributed by atoms with E-state index in [1.54, 1.807) is 18.2 Å². The van der Waals surface area contributed by atoms with Gasteiger partial charge in [-0.2, -0.15) is 0 Å². The number of unbranched alkanes of at least 4 members (excludes halogenated alkanes) is 18. The van der Waals surface area contributed by atoms with Gasteiger partial charge < -0.3 is 0 Å². The van der Waals surface area contributed by atoms with E-state index < -0.39 is 41.0 Å². The van der Waals surface area contributed by atoms with Crippen LogP contribution in [0.3, 0.4) is 0 Å². The van der Waals surface area contributed by atoms with Crippen molar-refractivity contribution in [2.24, 2.45) is 0 Å². The molecule has 0 N–H and O–H groups in total. The predicted molar refractivity (Wildman–Crippen MR) is 165 cm³/mol. The summed E-state index contributed by atoms with van der Waals surface area (Å²) in [6.07, 6.45) is 32.9. The van der Waals surface area contributed by atoms with Crippen molar-refractivity contribution in [1.82, 2.24) is 0 Å². The second-order valence-corrected chi connectivity index (χ2v) is 14.2. The van der Waals surface area contributed by atoms with Gasteiger partial charge in [0.2, 0.25) is 0 Å². The minimum absolute atomic E-state index is 0.628. The Morgan fingerprint density at radius 1 is 0.425 bits per heavy atom. The van der Waals surface area contributed by atoms with E-state index in [1.165, 1.54) is 95.3 Å². The summed E-state index contributed by atoms with van der Waals surface area (Å²) in [6, 6.07) is 0. The fraction of sp³-hybridized carbons (Fsp3) is 0.727. The van der Waals surface area contributed by atoms with Crippen LogP contribution in [-0.4, -0.2) is 41.0 Å². The molecule has 7 heteroatoms. The van der Waals surface area contributed by atoms with Crippen molar-refractivity contribution >= 4 is 41.0 Å². The molecule has 6 nitrogen and oxygen atoms in total. The summed E-state index contributed by atoms with van der Waals surface area (Å²) in [5, 5.41) is 0. The van der Waals surface area contributed by atoms with E-state index in [0.717, 1.165) is 57.8 Å². The van der Waals surface area contributed by atoms with Crippen molar-refractivity contribution in [1.29, 1.82) is 0 Å². The predicted octanol–water partition coefficient (Wildman–Crippen LogP) is 9.52. The fourth-order valence-electron chi connectivity index (χ4n) is 4.03. The molecule has 0 unspecified atom stereocenters. The van der Waals surface area contributed by atoms with Gasteiger partial charge >= 0.3 is 256 Å². The Bertz CT molecular complexity index is 621. The second kappa shape index (κ2) is 30.5. The minimum atomic E-state index is -4.10. The van der Waals surface area contributed by atoms with E-state index in [2.05, 4.69) is 20.8 Å². The van der Waals surface area contributed by atoms with Crippen LogP contribution in [0, 0.1) is 0 Å². The van der Waals surface area contributed by atoms with Crippen LogP contribution in [0.25, 0.3) is 0 Å². The maximum absolute atomic E-state index is 12.3. The third-order valence-electron chi connectivity index (χ3n) is 6.43. The zero-order chi connectivity index (χ0) is 29.5. The van der Waals surface area contributed by atoms with E-state index in [9.17, 15) is 14.4 Å². The van der Waals surface area contributed by atoms with Crippen molar-refractivity contribution < 1.29 is 22.8 Å². The van der Waals surface area contributed by atoms with Gasteiger partial charge in [-0.05, 0) is 0 Å². The molecule has 0 saturated heterocycles. The number of carbonyl (C=O) groups excluding carboxylic acids is 3. The Morgan fingerprint density at radius 2 is 0.675 bits per heavy atom. The first-order valence-electron chi connectivity index (χ1n) is 16.0. The van der Waals surface area contributed by atoms with E-state index in [0.29, 0.717) is 0 Å². The topological polar surface area (TPSA) is 78.9 Å². The Labute approximate surface area is 254 Å². The molecular formula is C33H57BiO6. The summed E-state index contributed by atoms with van der Waals surface area (Å²) in [5.74, 6) is -1.88. The van der Waals surface area contributed by atoms with Crippen LogP contribution in [0.5, 0.6) is 0 Å². The zero-order valence-corrected chi connectivity index (χ0v) is 29.2. The molecule has 0 radical (unpaired) electrons. The molecular weight excluding hydrogens is 701 g/mol. The molecule has 0 spiro atoms. The summed E-state index contributed by atoms with van der Waals surface area (Å²) in [5.41, 5.74) is 0. The number of allylic oxidation sites excluding steroid dienone is 3. The van der Waals surface area contributed by atoms with Gasteiger partial charge in [0.05, 0.1) is 0 Å². The van der Waals surface area contributed by atoms with Gasteiger partial charge in [0, 0.05) is 0 Å². The Hall–Kier alpha value is -1.49. The Morgan fingerprint density at radius 3 is 0.950 bits per heavy atom. The first-order valence-corrected chi connectivity index (χ1v) is 20.2. The monoisotopic (exact) mass is 758 g/mol. The third kappa shape index (κ3) is 28.1. The number of carbonyl (C=O) groups is 3. The van der Waals surface area contributed by atoms with Gasteiger partial charge in [-0.3, -0.25) is 0 Å². The van der Waals surface area contributed by atoms with E-state index >= 15 is 0 Å². The summed E-state index contributed by atoms with van der Waals surface area (Å²) < 4.78 is 16.0. The van der Waals surface area contributed by atoms with Gasteiger partial charge in [0.1, 0.15) is 0 Å². The molecule has 0 saturated carbocycles. The molecule has 0 fully saturated rings. The van der Waals surface area contributed by atoms with Gasteiger partial charge in [-0.25, -0.2) is 0 Å². The van der Waals surface area contributed by atoms with E-state index in [4.69, 9.17) is 8.44 Å².